The molecule has 0 aromatic heterocycles. The van der Waals surface area contributed by atoms with Crippen molar-refractivity contribution in [3.63, 3.8) is 0 Å². The van der Waals surface area contributed by atoms with Crippen LogP contribution in [-0.2, 0) is 9.59 Å². The highest BCUT2D eigenvalue weighted by Gasteiger charge is 2.30. The van der Waals surface area contributed by atoms with Gasteiger partial charge in [-0.15, -0.1) is 0 Å². The molecule has 1 unspecified atom stereocenters. The minimum atomic E-state index is -2.61. The number of hydrogen-bond acceptors (Lipinski definition) is 3. The molecular weight excluding hydrogens is 330 g/mol. The van der Waals surface area contributed by atoms with Crippen LogP contribution in [0.2, 0.25) is 0 Å². The van der Waals surface area contributed by atoms with Crippen molar-refractivity contribution < 1.29 is 23.1 Å². The number of carbonyl (C=O) groups excluding carboxylic acids is 2. The second-order valence-electron chi connectivity index (χ2n) is 5.58. The van der Waals surface area contributed by atoms with Crippen LogP contribution in [0.25, 0.3) is 0 Å². The van der Waals surface area contributed by atoms with Crippen LogP contribution < -0.4 is 15.4 Å². The number of nitrogens with one attached hydrogen (secondary N) is 2. The molecule has 1 aliphatic heterocycles. The van der Waals surface area contributed by atoms with Crippen LogP contribution in [0.3, 0.4) is 0 Å². The molecule has 0 fully saturated rings. The van der Waals surface area contributed by atoms with Crippen LogP contribution in [0.5, 0.6) is 5.75 Å². The van der Waals surface area contributed by atoms with E-state index in [4.69, 9.17) is 4.74 Å². The fourth-order valence-corrected chi connectivity index (χ4v) is 2.71. The monoisotopic (exact) mass is 346 g/mol. The van der Waals surface area contributed by atoms with E-state index in [1.54, 1.807) is 42.5 Å². The molecule has 0 radical (unpaired) electrons. The van der Waals surface area contributed by atoms with Gasteiger partial charge in [-0.05, 0) is 23.8 Å². The Morgan fingerprint density at radius 2 is 1.92 bits per heavy atom. The summed E-state index contributed by atoms with van der Waals surface area (Å²) in [6.45, 7) is -0.762. The van der Waals surface area contributed by atoms with E-state index in [1.165, 1.54) is 6.07 Å². The van der Waals surface area contributed by atoms with E-state index in [0.717, 1.165) is 0 Å². The third kappa shape index (κ3) is 3.93. The van der Waals surface area contributed by atoms with Crippen LogP contribution >= 0.6 is 0 Å². The van der Waals surface area contributed by atoms with Crippen LogP contribution in [0, 0.1) is 0 Å². The zero-order valence-electron chi connectivity index (χ0n) is 13.2. The Morgan fingerprint density at radius 1 is 1.20 bits per heavy atom. The zero-order chi connectivity index (χ0) is 17.8. The van der Waals surface area contributed by atoms with Gasteiger partial charge < -0.3 is 15.4 Å². The van der Waals surface area contributed by atoms with Crippen molar-refractivity contribution in [1.29, 1.82) is 0 Å². The number of hydrogen-bond donors (Lipinski definition) is 2. The second kappa shape index (κ2) is 7.29. The number of rotatable bonds is 5. The topological polar surface area (TPSA) is 67.4 Å². The summed E-state index contributed by atoms with van der Waals surface area (Å²) in [5.74, 6) is -1.14. The van der Waals surface area contributed by atoms with E-state index in [-0.39, 0.29) is 23.8 Å². The largest absolute Gasteiger partial charge is 0.485 e. The number of anilines is 2. The predicted octanol–water partition coefficient (Wildman–Crippen LogP) is 3.40. The Morgan fingerprint density at radius 3 is 2.72 bits per heavy atom. The standard InChI is InChI=1S/C18H16F2N2O3/c19-16(20)10-25-15-8-4-3-7-14(15)22-18(24)12-9-17(23)21-13-6-2-1-5-11(12)13/h1-8,12,16H,9-10H2,(H,21,23)(H,22,24). The molecule has 0 saturated carbocycles. The van der Waals surface area contributed by atoms with E-state index in [9.17, 15) is 18.4 Å². The average molecular weight is 346 g/mol. The number of amides is 2. The molecule has 0 aliphatic carbocycles. The van der Waals surface area contributed by atoms with Gasteiger partial charge in [0.15, 0.2) is 0 Å². The minimum absolute atomic E-state index is 0.0168. The molecule has 0 spiro atoms. The van der Waals surface area contributed by atoms with Gasteiger partial charge in [-0.3, -0.25) is 9.59 Å². The van der Waals surface area contributed by atoms with Gasteiger partial charge in [-0.2, -0.15) is 0 Å². The van der Waals surface area contributed by atoms with Gasteiger partial charge in [0.2, 0.25) is 11.8 Å². The van der Waals surface area contributed by atoms with E-state index >= 15 is 0 Å². The first-order valence-corrected chi connectivity index (χ1v) is 7.74. The maximum atomic E-state index is 12.7. The van der Waals surface area contributed by atoms with Crippen LogP contribution in [-0.4, -0.2) is 24.8 Å². The Labute approximate surface area is 143 Å². The number of fused-ring (bicyclic) bond motifs is 1. The average Bonchev–Trinajstić information content (AvgIpc) is 2.60. The zero-order valence-corrected chi connectivity index (χ0v) is 13.2. The number of halogens is 2. The summed E-state index contributed by atoms with van der Waals surface area (Å²) in [5, 5.41) is 5.40. The van der Waals surface area contributed by atoms with Gasteiger partial charge in [0, 0.05) is 12.1 Å². The lowest BCUT2D eigenvalue weighted by molar-refractivity contribution is -0.123. The predicted molar refractivity (Wildman–Crippen MR) is 89.0 cm³/mol. The Kier molecular flexibility index (Phi) is 4.92. The Bertz CT molecular complexity index is 795. The van der Waals surface area contributed by atoms with E-state index < -0.39 is 24.9 Å². The van der Waals surface area contributed by atoms with E-state index in [2.05, 4.69) is 10.6 Å². The number of alkyl halides is 2. The van der Waals surface area contributed by atoms with Crippen LogP contribution in [0.15, 0.2) is 48.5 Å². The normalized spacial score (nSPS) is 16.1. The Balaban J connectivity index is 1.80. The fraction of sp³-hybridized carbons (Fsp3) is 0.222. The molecule has 3 rings (SSSR count). The van der Waals surface area contributed by atoms with Gasteiger partial charge in [0.05, 0.1) is 11.6 Å². The third-order valence-electron chi connectivity index (χ3n) is 3.83. The summed E-state index contributed by atoms with van der Waals surface area (Å²) in [4.78, 5) is 24.5. The molecule has 1 atom stereocenters. The van der Waals surface area contributed by atoms with Crippen molar-refractivity contribution in [3.05, 3.63) is 54.1 Å². The molecule has 2 amide bonds. The molecule has 1 heterocycles. The smallest absolute Gasteiger partial charge is 0.272 e. The third-order valence-corrected chi connectivity index (χ3v) is 3.83. The molecule has 0 bridgehead atoms. The lowest BCUT2D eigenvalue weighted by Gasteiger charge is -2.25. The lowest BCUT2D eigenvalue weighted by Crippen LogP contribution is -2.30. The summed E-state index contributed by atoms with van der Waals surface area (Å²) in [7, 11) is 0. The maximum absolute atomic E-state index is 12.7. The molecule has 25 heavy (non-hydrogen) atoms. The van der Waals surface area contributed by atoms with Crippen molar-refractivity contribution in [2.24, 2.45) is 0 Å². The quantitative estimate of drug-likeness (QED) is 0.872. The molecule has 5 nitrogen and oxygen atoms in total. The van der Waals surface area contributed by atoms with Gasteiger partial charge in [-0.25, -0.2) is 8.78 Å². The van der Waals surface area contributed by atoms with Crippen molar-refractivity contribution in [3.8, 4) is 5.75 Å². The molecule has 7 heteroatoms. The molecule has 2 N–H and O–H groups in total. The second-order valence-corrected chi connectivity index (χ2v) is 5.58. The summed E-state index contributed by atoms with van der Waals surface area (Å²) in [5.41, 5.74) is 1.60. The molecule has 2 aromatic rings. The first-order valence-electron chi connectivity index (χ1n) is 7.74. The highest BCUT2D eigenvalue weighted by molar-refractivity contribution is 6.05. The van der Waals surface area contributed by atoms with Gasteiger partial charge in [0.25, 0.3) is 6.43 Å². The van der Waals surface area contributed by atoms with Crippen LogP contribution in [0.1, 0.15) is 17.9 Å². The summed E-state index contributed by atoms with van der Waals surface area (Å²) in [6, 6.07) is 13.4. The molecule has 2 aromatic carbocycles. The van der Waals surface area contributed by atoms with E-state index in [0.29, 0.717) is 11.3 Å². The molecular formula is C18H16F2N2O3. The first kappa shape index (κ1) is 16.9. The number of para-hydroxylation sites is 3. The van der Waals surface area contributed by atoms with Crippen LogP contribution in [0.4, 0.5) is 20.2 Å². The number of benzene rings is 2. The SMILES string of the molecule is O=C1CC(C(=O)Nc2ccccc2OCC(F)F)c2ccccc2N1. The fourth-order valence-electron chi connectivity index (χ4n) is 2.71. The van der Waals surface area contributed by atoms with Crippen molar-refractivity contribution >= 4 is 23.2 Å². The lowest BCUT2D eigenvalue weighted by atomic mass is 9.90. The maximum Gasteiger partial charge on any atom is 0.272 e. The minimum Gasteiger partial charge on any atom is -0.485 e. The van der Waals surface area contributed by atoms with Crippen molar-refractivity contribution in [1.82, 2.24) is 0 Å². The first-order chi connectivity index (χ1) is 12.0. The van der Waals surface area contributed by atoms with Crippen molar-refractivity contribution in [2.75, 3.05) is 17.2 Å². The molecule has 0 saturated heterocycles. The molecule has 1 aliphatic rings. The van der Waals surface area contributed by atoms with E-state index in [1.807, 2.05) is 0 Å². The van der Waals surface area contributed by atoms with Crippen molar-refractivity contribution in [2.45, 2.75) is 18.8 Å². The molecule has 130 valence electrons. The van der Waals surface area contributed by atoms with Gasteiger partial charge >= 0.3 is 0 Å². The highest BCUT2D eigenvalue weighted by Crippen LogP contribution is 2.34. The van der Waals surface area contributed by atoms with Gasteiger partial charge in [0.1, 0.15) is 12.4 Å². The summed E-state index contributed by atoms with van der Waals surface area (Å²) in [6.07, 6.45) is -2.60. The number of carbonyl (C=O) groups is 2. The summed E-state index contributed by atoms with van der Waals surface area (Å²) >= 11 is 0. The summed E-state index contributed by atoms with van der Waals surface area (Å²) < 4.78 is 29.7. The number of ether oxygens (including phenoxy) is 1. The Hall–Kier alpha value is -2.96. The highest BCUT2D eigenvalue weighted by atomic mass is 19.3. The van der Waals surface area contributed by atoms with Gasteiger partial charge in [-0.1, -0.05) is 30.3 Å².